The Kier molecular flexibility index (Phi) is 3.76. The maximum absolute atomic E-state index is 5.50. The van der Waals surface area contributed by atoms with Crippen LogP contribution in [0.4, 0.5) is 0 Å². The summed E-state index contributed by atoms with van der Waals surface area (Å²) in [6.45, 7) is 2.42. The van der Waals surface area contributed by atoms with E-state index in [-0.39, 0.29) is 0 Å². The van der Waals surface area contributed by atoms with Gasteiger partial charge in [-0.2, -0.15) is 0 Å². The molecule has 20 heavy (non-hydrogen) atoms. The first-order valence-corrected chi connectivity index (χ1v) is 8.27. The molecule has 2 heteroatoms. The van der Waals surface area contributed by atoms with Gasteiger partial charge in [0.2, 0.25) is 0 Å². The third-order valence-corrected chi connectivity index (χ3v) is 6.37. The second-order valence-electron chi connectivity index (χ2n) is 6.13. The average Bonchev–Trinajstić information content (AvgIpc) is 2.93. The number of fused-ring (bicyclic) bond motifs is 1. The normalized spacial score (nSPS) is 19.1. The minimum Gasteiger partial charge on any atom is -0.496 e. The van der Waals surface area contributed by atoms with Crippen LogP contribution in [0.3, 0.4) is 0 Å². The van der Waals surface area contributed by atoms with Gasteiger partial charge >= 0.3 is 0 Å². The van der Waals surface area contributed by atoms with Crippen LogP contribution < -0.4 is 4.74 Å². The maximum atomic E-state index is 5.50. The van der Waals surface area contributed by atoms with Crippen LogP contribution >= 0.6 is 15.9 Å². The number of hydrogen-bond acceptors (Lipinski definition) is 1. The zero-order valence-electron chi connectivity index (χ0n) is 12.2. The van der Waals surface area contributed by atoms with Crippen LogP contribution in [0.2, 0.25) is 0 Å². The molecular weight excluding hydrogens is 312 g/mol. The lowest BCUT2D eigenvalue weighted by Gasteiger charge is -2.31. The molecular formula is C18H21BrO. The van der Waals surface area contributed by atoms with Crippen LogP contribution in [0.25, 0.3) is 10.8 Å². The second-order valence-corrected chi connectivity index (χ2v) is 7.04. The molecule has 0 amide bonds. The Morgan fingerprint density at radius 1 is 1.05 bits per heavy atom. The minimum absolute atomic E-state index is 0.372. The van der Waals surface area contributed by atoms with Gasteiger partial charge in [-0.25, -0.2) is 0 Å². The molecule has 3 rings (SSSR count). The lowest BCUT2D eigenvalue weighted by Crippen LogP contribution is -2.17. The van der Waals surface area contributed by atoms with E-state index >= 15 is 0 Å². The molecule has 0 spiro atoms. The van der Waals surface area contributed by atoms with Crippen molar-refractivity contribution in [3.05, 3.63) is 42.0 Å². The Balaban J connectivity index is 2.12. The van der Waals surface area contributed by atoms with Crippen molar-refractivity contribution in [2.24, 2.45) is 5.41 Å². The van der Waals surface area contributed by atoms with E-state index in [9.17, 15) is 0 Å². The molecule has 0 heterocycles. The summed E-state index contributed by atoms with van der Waals surface area (Å²) >= 11 is 4.00. The van der Waals surface area contributed by atoms with Gasteiger partial charge in [0, 0.05) is 10.2 Å². The number of methoxy groups -OCH3 is 1. The Morgan fingerprint density at radius 3 is 2.35 bits per heavy atom. The maximum Gasteiger partial charge on any atom is 0.126 e. The first-order valence-electron chi connectivity index (χ1n) is 7.35. The summed E-state index contributed by atoms with van der Waals surface area (Å²) in [5.41, 5.74) is 1.77. The topological polar surface area (TPSA) is 9.23 Å². The molecule has 1 aliphatic rings. The van der Waals surface area contributed by atoms with E-state index in [1.165, 1.54) is 42.0 Å². The number of benzene rings is 2. The van der Waals surface area contributed by atoms with Gasteiger partial charge in [-0.05, 0) is 35.3 Å². The molecule has 0 aromatic heterocycles. The van der Waals surface area contributed by atoms with Crippen LogP contribution in [-0.4, -0.2) is 7.11 Å². The predicted molar refractivity (Wildman–Crippen MR) is 88.7 cm³/mol. The molecule has 0 aliphatic heterocycles. The standard InChI is InChI=1S/C18H21BrO/c1-18(11-5-6-12-18)17(19)15-9-10-16(20-2)14-8-4-3-7-13(14)15/h3-4,7-10,17H,5-6,11-12H2,1-2H3. The molecule has 0 saturated heterocycles. The molecule has 0 bridgehead atoms. The van der Waals surface area contributed by atoms with Crippen molar-refractivity contribution in [1.82, 2.24) is 0 Å². The van der Waals surface area contributed by atoms with Crippen LogP contribution in [0.1, 0.15) is 43.0 Å². The molecule has 1 saturated carbocycles. The van der Waals surface area contributed by atoms with Gasteiger partial charge in [-0.1, -0.05) is 66.0 Å². The fourth-order valence-electron chi connectivity index (χ4n) is 3.51. The van der Waals surface area contributed by atoms with Gasteiger partial charge in [-0.3, -0.25) is 0 Å². The van der Waals surface area contributed by atoms with Crippen LogP contribution in [0, 0.1) is 5.41 Å². The van der Waals surface area contributed by atoms with E-state index in [0.717, 1.165) is 5.75 Å². The molecule has 1 unspecified atom stereocenters. The van der Waals surface area contributed by atoms with Gasteiger partial charge in [0.15, 0.2) is 0 Å². The molecule has 1 atom stereocenters. The van der Waals surface area contributed by atoms with E-state index in [1.807, 2.05) is 0 Å². The van der Waals surface area contributed by atoms with E-state index in [1.54, 1.807) is 7.11 Å². The second kappa shape index (κ2) is 5.40. The van der Waals surface area contributed by atoms with Crippen molar-refractivity contribution < 1.29 is 4.74 Å². The van der Waals surface area contributed by atoms with E-state index < -0.39 is 0 Å². The Labute approximate surface area is 129 Å². The summed E-state index contributed by atoms with van der Waals surface area (Å²) < 4.78 is 5.50. The molecule has 0 N–H and O–H groups in total. The number of halogens is 1. The average molecular weight is 333 g/mol. The van der Waals surface area contributed by atoms with Crippen molar-refractivity contribution in [3.63, 3.8) is 0 Å². The van der Waals surface area contributed by atoms with Crippen molar-refractivity contribution in [1.29, 1.82) is 0 Å². The van der Waals surface area contributed by atoms with Gasteiger partial charge < -0.3 is 4.74 Å². The molecule has 106 valence electrons. The van der Waals surface area contributed by atoms with E-state index in [0.29, 0.717) is 10.2 Å². The minimum atomic E-state index is 0.372. The summed E-state index contributed by atoms with van der Waals surface area (Å²) in [5.74, 6) is 0.959. The number of hydrogen-bond donors (Lipinski definition) is 0. The fourth-order valence-corrected chi connectivity index (χ4v) is 4.36. The van der Waals surface area contributed by atoms with Crippen LogP contribution in [0.5, 0.6) is 5.75 Å². The van der Waals surface area contributed by atoms with Crippen LogP contribution in [-0.2, 0) is 0 Å². The van der Waals surface area contributed by atoms with E-state index in [2.05, 4.69) is 59.3 Å². The Morgan fingerprint density at radius 2 is 1.70 bits per heavy atom. The van der Waals surface area contributed by atoms with Crippen molar-refractivity contribution >= 4 is 26.7 Å². The summed E-state index contributed by atoms with van der Waals surface area (Å²) in [7, 11) is 1.74. The predicted octanol–water partition coefficient (Wildman–Crippen LogP) is 5.86. The fraction of sp³-hybridized carbons (Fsp3) is 0.444. The number of alkyl halides is 1. The summed E-state index contributed by atoms with van der Waals surface area (Å²) in [5, 5.41) is 2.51. The van der Waals surface area contributed by atoms with Crippen molar-refractivity contribution in [2.45, 2.75) is 37.4 Å². The number of ether oxygens (including phenoxy) is 1. The molecule has 1 nitrogen and oxygen atoms in total. The summed E-state index contributed by atoms with van der Waals surface area (Å²) in [6.07, 6.45) is 5.33. The lowest BCUT2D eigenvalue weighted by molar-refractivity contribution is 0.332. The molecule has 2 aromatic carbocycles. The van der Waals surface area contributed by atoms with E-state index in [4.69, 9.17) is 4.74 Å². The quantitative estimate of drug-likeness (QED) is 0.639. The highest BCUT2D eigenvalue weighted by molar-refractivity contribution is 9.09. The monoisotopic (exact) mass is 332 g/mol. The Bertz CT molecular complexity index is 614. The number of rotatable bonds is 3. The SMILES string of the molecule is COc1ccc(C(Br)C2(C)CCCC2)c2ccccc12. The Hall–Kier alpha value is -1.02. The largest absolute Gasteiger partial charge is 0.496 e. The smallest absolute Gasteiger partial charge is 0.126 e. The van der Waals surface area contributed by atoms with Crippen molar-refractivity contribution in [2.75, 3.05) is 7.11 Å². The molecule has 1 aliphatic carbocycles. The van der Waals surface area contributed by atoms with Gasteiger partial charge in [0.05, 0.1) is 7.11 Å². The van der Waals surface area contributed by atoms with Crippen LogP contribution in [0.15, 0.2) is 36.4 Å². The van der Waals surface area contributed by atoms with Gasteiger partial charge in [0.25, 0.3) is 0 Å². The zero-order chi connectivity index (χ0) is 14.2. The van der Waals surface area contributed by atoms with Gasteiger partial charge in [-0.15, -0.1) is 0 Å². The van der Waals surface area contributed by atoms with Gasteiger partial charge in [0.1, 0.15) is 5.75 Å². The first-order chi connectivity index (χ1) is 9.65. The molecule has 2 aromatic rings. The zero-order valence-corrected chi connectivity index (χ0v) is 13.7. The summed E-state index contributed by atoms with van der Waals surface area (Å²) in [4.78, 5) is 0.410. The third kappa shape index (κ3) is 2.24. The molecule has 1 fully saturated rings. The van der Waals surface area contributed by atoms with Crippen molar-refractivity contribution in [3.8, 4) is 5.75 Å². The first kappa shape index (κ1) is 13.9. The summed E-state index contributed by atoms with van der Waals surface area (Å²) in [6, 6.07) is 12.9. The highest BCUT2D eigenvalue weighted by Crippen LogP contribution is 2.53. The molecule has 0 radical (unpaired) electrons. The highest BCUT2D eigenvalue weighted by Gasteiger charge is 2.37. The lowest BCUT2D eigenvalue weighted by atomic mass is 9.80. The third-order valence-electron chi connectivity index (χ3n) is 4.77. The highest BCUT2D eigenvalue weighted by atomic mass is 79.9.